The Labute approximate surface area is 223 Å². The maximum Gasteiger partial charge on any atom is 0.138 e. The molecule has 5 aromatic heterocycles. The summed E-state index contributed by atoms with van der Waals surface area (Å²) in [6.07, 6.45) is 11.4. The average molecular weight is 516 g/mol. The number of hydrogen-bond donors (Lipinski definition) is 4. The van der Waals surface area contributed by atoms with Crippen LogP contribution in [-0.4, -0.2) is 43.0 Å². The first-order chi connectivity index (χ1) is 19.2. The van der Waals surface area contributed by atoms with Gasteiger partial charge in [0.2, 0.25) is 0 Å². The lowest BCUT2D eigenvalue weighted by Gasteiger charge is -2.15. The molecule has 0 aliphatic rings. The van der Waals surface area contributed by atoms with Crippen LogP contribution in [0.2, 0.25) is 0 Å². The third kappa shape index (κ3) is 4.34. The van der Waals surface area contributed by atoms with Crippen molar-refractivity contribution in [2.75, 3.05) is 6.61 Å². The number of nitrogens with zero attached hydrogens (tertiary/aromatic N) is 3. The van der Waals surface area contributed by atoms with Gasteiger partial charge in [0.05, 0.1) is 36.1 Å². The maximum atomic E-state index is 6.48. The van der Waals surface area contributed by atoms with Gasteiger partial charge in [0, 0.05) is 51.4 Å². The maximum absolute atomic E-state index is 6.48. The molecule has 0 spiro atoms. The van der Waals surface area contributed by atoms with Crippen molar-refractivity contribution in [1.82, 2.24) is 30.4 Å². The molecule has 9 nitrogen and oxygen atoms in total. The predicted molar refractivity (Wildman–Crippen MR) is 150 cm³/mol. The second kappa shape index (κ2) is 9.62. The van der Waals surface area contributed by atoms with Crippen molar-refractivity contribution in [2.24, 2.45) is 5.73 Å². The van der Waals surface area contributed by atoms with E-state index in [0.29, 0.717) is 18.8 Å². The molecule has 0 aliphatic heterocycles. The van der Waals surface area contributed by atoms with E-state index in [2.05, 4.69) is 43.6 Å². The van der Waals surface area contributed by atoms with Crippen LogP contribution < -0.4 is 10.5 Å². The number of furan rings is 1. The van der Waals surface area contributed by atoms with Crippen molar-refractivity contribution in [3.05, 3.63) is 97.5 Å². The number of H-pyrrole nitrogens is 3. The summed E-state index contributed by atoms with van der Waals surface area (Å²) in [7, 11) is 0. The zero-order valence-corrected chi connectivity index (χ0v) is 20.9. The molecule has 0 radical (unpaired) electrons. The standard InChI is InChI=1S/C30H25N7O2/c31-22(9-20-12-32-27-4-2-1-3-24(20)27)17-39-23-11-25(29(33-15-23)19-7-8-38-16-19)18-5-6-28-26(10-18)30(37-36-28)21-13-34-35-14-21/h1-8,10-16,22,32H,9,17,31H2,(H,34,35)(H,36,37)/t22-/m0/s1. The normalized spacial score (nSPS) is 12.3. The Morgan fingerprint density at radius 3 is 2.72 bits per heavy atom. The third-order valence-corrected chi connectivity index (χ3v) is 6.92. The van der Waals surface area contributed by atoms with E-state index in [9.17, 15) is 0 Å². The van der Waals surface area contributed by atoms with Gasteiger partial charge < -0.3 is 19.9 Å². The lowest BCUT2D eigenvalue weighted by molar-refractivity contribution is 0.287. The fraction of sp³-hybridized carbons (Fsp3) is 0.100. The predicted octanol–water partition coefficient (Wildman–Crippen LogP) is 5.71. The van der Waals surface area contributed by atoms with Gasteiger partial charge in [-0.05, 0) is 47.9 Å². The number of benzene rings is 2. The van der Waals surface area contributed by atoms with Crippen molar-refractivity contribution >= 4 is 21.8 Å². The van der Waals surface area contributed by atoms with Crippen LogP contribution in [0.1, 0.15) is 5.56 Å². The lowest BCUT2D eigenvalue weighted by Crippen LogP contribution is -2.30. The van der Waals surface area contributed by atoms with E-state index < -0.39 is 0 Å². The molecule has 1 atom stereocenters. The van der Waals surface area contributed by atoms with Gasteiger partial charge in [-0.15, -0.1) is 0 Å². The van der Waals surface area contributed by atoms with E-state index in [-0.39, 0.29) is 6.04 Å². The van der Waals surface area contributed by atoms with Crippen molar-refractivity contribution in [3.63, 3.8) is 0 Å². The third-order valence-electron chi connectivity index (χ3n) is 6.92. The quantitative estimate of drug-likeness (QED) is 0.205. The molecular formula is C30H25N7O2. The highest BCUT2D eigenvalue weighted by atomic mass is 16.5. The summed E-state index contributed by atoms with van der Waals surface area (Å²) in [6, 6.07) is 18.1. The minimum Gasteiger partial charge on any atom is -0.490 e. The van der Waals surface area contributed by atoms with Gasteiger partial charge >= 0.3 is 0 Å². The van der Waals surface area contributed by atoms with Crippen molar-refractivity contribution in [2.45, 2.75) is 12.5 Å². The van der Waals surface area contributed by atoms with Gasteiger partial charge in [0.15, 0.2) is 0 Å². The summed E-state index contributed by atoms with van der Waals surface area (Å²) in [5, 5.41) is 16.7. The monoisotopic (exact) mass is 515 g/mol. The number of aromatic nitrogens is 6. The number of para-hydroxylation sites is 1. The van der Waals surface area contributed by atoms with Gasteiger partial charge in [0.1, 0.15) is 18.1 Å². The molecule has 0 fully saturated rings. The fourth-order valence-electron chi connectivity index (χ4n) is 5.00. The summed E-state index contributed by atoms with van der Waals surface area (Å²) in [4.78, 5) is 8.07. The summed E-state index contributed by atoms with van der Waals surface area (Å²) in [5.74, 6) is 0.647. The number of nitrogens with one attached hydrogen (secondary N) is 3. The molecule has 0 aliphatic carbocycles. The van der Waals surface area contributed by atoms with Gasteiger partial charge in [-0.1, -0.05) is 24.3 Å². The minimum atomic E-state index is -0.180. The van der Waals surface area contributed by atoms with Crippen LogP contribution in [0.25, 0.3) is 55.4 Å². The molecule has 0 bridgehead atoms. The second-order valence-electron chi connectivity index (χ2n) is 9.53. The highest BCUT2D eigenvalue weighted by Gasteiger charge is 2.16. The number of aromatic amines is 3. The Morgan fingerprint density at radius 1 is 0.897 bits per heavy atom. The Bertz CT molecular complexity index is 1870. The summed E-state index contributed by atoms with van der Waals surface area (Å²) < 4.78 is 11.5. The zero-order valence-electron chi connectivity index (χ0n) is 20.9. The van der Waals surface area contributed by atoms with Crippen molar-refractivity contribution in [1.29, 1.82) is 0 Å². The molecular weight excluding hydrogens is 490 g/mol. The summed E-state index contributed by atoms with van der Waals surface area (Å²) >= 11 is 0. The number of ether oxygens (including phenoxy) is 1. The number of hydrogen-bond acceptors (Lipinski definition) is 6. The number of rotatable bonds is 8. The highest BCUT2D eigenvalue weighted by Crippen LogP contribution is 2.36. The van der Waals surface area contributed by atoms with Gasteiger partial charge in [-0.2, -0.15) is 10.2 Å². The van der Waals surface area contributed by atoms with Crippen LogP contribution in [0, 0.1) is 0 Å². The van der Waals surface area contributed by atoms with E-state index in [1.807, 2.05) is 48.8 Å². The molecule has 5 N–H and O–H groups in total. The molecule has 0 saturated heterocycles. The Hall–Kier alpha value is -5.15. The first kappa shape index (κ1) is 23.0. The number of fused-ring (bicyclic) bond motifs is 2. The topological polar surface area (TPSA) is 134 Å². The van der Waals surface area contributed by atoms with Crippen LogP contribution in [0.3, 0.4) is 0 Å². The molecule has 0 amide bonds. The molecule has 5 heterocycles. The number of pyridine rings is 1. The molecule has 192 valence electrons. The Morgan fingerprint density at radius 2 is 1.85 bits per heavy atom. The van der Waals surface area contributed by atoms with Gasteiger partial charge in [0.25, 0.3) is 0 Å². The highest BCUT2D eigenvalue weighted by molar-refractivity contribution is 5.96. The van der Waals surface area contributed by atoms with Crippen LogP contribution in [0.5, 0.6) is 5.75 Å². The molecule has 7 rings (SSSR count). The van der Waals surface area contributed by atoms with Crippen molar-refractivity contribution < 1.29 is 9.15 Å². The van der Waals surface area contributed by atoms with Crippen LogP contribution in [-0.2, 0) is 6.42 Å². The smallest absolute Gasteiger partial charge is 0.138 e. The summed E-state index contributed by atoms with van der Waals surface area (Å²) in [5.41, 5.74) is 15.0. The SMILES string of the molecule is N[C@H](COc1cnc(-c2ccoc2)c(-c2ccc3[nH]nc(-c4cn[nH]c4)c3c2)c1)Cc1c[nH]c2ccccc12. The van der Waals surface area contributed by atoms with E-state index in [0.717, 1.165) is 50.1 Å². The molecule has 2 aromatic carbocycles. The molecule has 0 saturated carbocycles. The Kier molecular flexibility index (Phi) is 5.68. The largest absolute Gasteiger partial charge is 0.490 e. The zero-order chi connectivity index (χ0) is 26.2. The molecule has 7 aromatic rings. The minimum absolute atomic E-state index is 0.180. The average Bonchev–Trinajstić information content (AvgIpc) is 3.78. The molecule has 0 unspecified atom stereocenters. The van der Waals surface area contributed by atoms with Crippen LogP contribution in [0.4, 0.5) is 0 Å². The lowest BCUT2D eigenvalue weighted by atomic mass is 9.98. The molecule has 9 heteroatoms. The van der Waals surface area contributed by atoms with Crippen LogP contribution in [0.15, 0.2) is 96.3 Å². The number of nitrogens with two attached hydrogens (primary N) is 1. The molecule has 39 heavy (non-hydrogen) atoms. The first-order valence-electron chi connectivity index (χ1n) is 12.7. The van der Waals surface area contributed by atoms with Crippen molar-refractivity contribution in [3.8, 4) is 39.4 Å². The van der Waals surface area contributed by atoms with E-state index >= 15 is 0 Å². The van der Waals surface area contributed by atoms with Gasteiger partial charge in [-0.25, -0.2) is 0 Å². The fourth-order valence-corrected chi connectivity index (χ4v) is 5.00. The summed E-state index contributed by atoms with van der Waals surface area (Å²) in [6.45, 7) is 0.358. The van der Waals surface area contributed by atoms with E-state index in [1.54, 1.807) is 24.9 Å². The second-order valence-corrected chi connectivity index (χ2v) is 9.53. The Balaban J connectivity index is 1.19. The van der Waals surface area contributed by atoms with E-state index in [4.69, 9.17) is 19.9 Å². The van der Waals surface area contributed by atoms with E-state index in [1.165, 1.54) is 10.9 Å². The van der Waals surface area contributed by atoms with Gasteiger partial charge in [-0.3, -0.25) is 15.2 Å². The van der Waals surface area contributed by atoms with Crippen LogP contribution >= 0.6 is 0 Å². The first-order valence-corrected chi connectivity index (χ1v) is 12.7.